The van der Waals surface area contributed by atoms with Crippen molar-refractivity contribution in [3.05, 3.63) is 0 Å². The van der Waals surface area contributed by atoms with E-state index in [0.29, 0.717) is 12.8 Å². The van der Waals surface area contributed by atoms with Crippen LogP contribution in [0.5, 0.6) is 0 Å². The normalized spacial score (nSPS) is 14.8. The lowest BCUT2D eigenvalue weighted by Gasteiger charge is -2.19. The van der Waals surface area contributed by atoms with E-state index in [1.165, 1.54) is 0 Å². The van der Waals surface area contributed by atoms with Crippen LogP contribution in [0, 0.1) is 0 Å². The Morgan fingerprint density at radius 3 is 1.33 bits per heavy atom. The molecule has 0 aromatic carbocycles. The van der Waals surface area contributed by atoms with Crippen LogP contribution in [0.1, 0.15) is 54.4 Å². The first-order chi connectivity index (χ1) is 10.8. The van der Waals surface area contributed by atoms with Crippen molar-refractivity contribution in [3.63, 3.8) is 0 Å². The van der Waals surface area contributed by atoms with Crippen LogP contribution < -0.4 is 11.5 Å². The van der Waals surface area contributed by atoms with E-state index >= 15 is 0 Å². The van der Waals surface area contributed by atoms with E-state index in [-0.39, 0.29) is 9.49 Å². The van der Waals surface area contributed by atoms with Crippen molar-refractivity contribution < 1.29 is 19.4 Å². The van der Waals surface area contributed by atoms with Crippen molar-refractivity contribution in [2.75, 3.05) is 11.5 Å². The van der Waals surface area contributed by atoms with Gasteiger partial charge in [-0.3, -0.25) is 0 Å². The molecule has 6 nitrogen and oxygen atoms in total. The van der Waals surface area contributed by atoms with Gasteiger partial charge in [0.1, 0.15) is 12.1 Å². The third-order valence-electron chi connectivity index (χ3n) is 2.74. The smallest absolute Gasteiger partial charge is 0.318 e. The highest BCUT2D eigenvalue weighted by Crippen LogP contribution is 2.24. The molecule has 2 atom stereocenters. The number of rotatable bonds is 8. The summed E-state index contributed by atoms with van der Waals surface area (Å²) < 4.78 is 0.210. The van der Waals surface area contributed by atoms with Crippen LogP contribution >= 0.6 is 23.5 Å². The molecule has 0 heterocycles. The summed E-state index contributed by atoms with van der Waals surface area (Å²) in [4.78, 5) is 32.4. The summed E-state index contributed by atoms with van der Waals surface area (Å²) in [7, 11) is 0. The van der Waals surface area contributed by atoms with E-state index in [0.717, 1.165) is 11.5 Å². The molecule has 0 saturated heterocycles. The highest BCUT2D eigenvalue weighted by Gasteiger charge is 2.23. The van der Waals surface area contributed by atoms with Crippen molar-refractivity contribution in [2.24, 2.45) is 11.5 Å². The van der Waals surface area contributed by atoms with E-state index in [1.54, 1.807) is 23.5 Å². The Balaban J connectivity index is 4.00. The molecule has 0 spiro atoms. The van der Waals surface area contributed by atoms with Crippen molar-refractivity contribution in [3.8, 4) is 0 Å². The van der Waals surface area contributed by atoms with Crippen LogP contribution in [-0.2, 0) is 19.4 Å². The predicted molar refractivity (Wildman–Crippen MR) is 102 cm³/mol. The lowest BCUT2D eigenvalue weighted by Crippen LogP contribution is -2.37. The Morgan fingerprint density at radius 1 is 0.792 bits per heavy atom. The third kappa shape index (κ3) is 12.9. The minimum atomic E-state index is -0.819. The number of hydrogen-bond donors (Lipinski definition) is 2. The van der Waals surface area contributed by atoms with Crippen LogP contribution in [0.3, 0.4) is 0 Å². The van der Waals surface area contributed by atoms with Gasteiger partial charge in [-0.15, -0.1) is 0 Å². The summed E-state index contributed by atoms with van der Waals surface area (Å²) in [5.41, 5.74) is 11.4. The molecular weight excluding hydrogens is 348 g/mol. The average molecular weight is 381 g/mol. The minimum absolute atomic E-state index is 0.105. The molecule has 0 aromatic rings. The van der Waals surface area contributed by atoms with E-state index in [4.69, 9.17) is 11.5 Å². The number of thioether (sulfide) groups is 2. The summed E-state index contributed by atoms with van der Waals surface area (Å²) in [6.07, 6.45) is 0.902. The molecule has 0 amide bonds. The van der Waals surface area contributed by atoms with Gasteiger partial charge in [0, 0.05) is 9.49 Å². The minimum Gasteiger partial charge on any atom is -0.318 e. The molecule has 8 heteroatoms. The average Bonchev–Trinajstić information content (AvgIpc) is 2.41. The first-order valence-electron chi connectivity index (χ1n) is 8.03. The van der Waals surface area contributed by atoms with Gasteiger partial charge in [-0.2, -0.15) is 23.5 Å². The molecule has 0 rings (SSSR count). The SMILES string of the molecule is CC(C)(C)SCC[C@H](N)C(=O)OOC(=O)[C@@H](N)CCSC(C)(C)C. The topological polar surface area (TPSA) is 105 Å². The van der Waals surface area contributed by atoms with Gasteiger partial charge < -0.3 is 11.5 Å². The predicted octanol–water partition coefficient (Wildman–Crippen LogP) is 2.49. The maximum absolute atomic E-state index is 11.7. The van der Waals surface area contributed by atoms with Crippen LogP contribution in [0.15, 0.2) is 0 Å². The Morgan fingerprint density at radius 2 is 1.08 bits per heavy atom. The lowest BCUT2D eigenvalue weighted by atomic mass is 10.2. The summed E-state index contributed by atoms with van der Waals surface area (Å²) in [5.74, 6) is -0.0719. The molecule has 0 aliphatic rings. The van der Waals surface area contributed by atoms with Crippen LogP contribution in [0.2, 0.25) is 0 Å². The largest absolute Gasteiger partial charge is 0.372 e. The van der Waals surface area contributed by atoms with Gasteiger partial charge in [-0.25, -0.2) is 19.4 Å². The quantitative estimate of drug-likeness (QED) is 0.489. The molecule has 0 unspecified atom stereocenters. The fourth-order valence-corrected chi connectivity index (χ4v) is 3.39. The van der Waals surface area contributed by atoms with E-state index < -0.39 is 24.0 Å². The second kappa shape index (κ2) is 10.5. The highest BCUT2D eigenvalue weighted by molar-refractivity contribution is 8.00. The van der Waals surface area contributed by atoms with Gasteiger partial charge in [0.2, 0.25) is 0 Å². The maximum Gasteiger partial charge on any atom is 0.372 e. The molecule has 0 fully saturated rings. The Bertz CT molecular complexity index is 368. The molecule has 0 aliphatic carbocycles. The fraction of sp³-hybridized carbons (Fsp3) is 0.875. The molecular formula is C16H32N2O4S2. The monoisotopic (exact) mass is 380 g/mol. The second-order valence-electron chi connectivity index (χ2n) is 7.52. The van der Waals surface area contributed by atoms with E-state index in [2.05, 4.69) is 51.3 Å². The van der Waals surface area contributed by atoms with Crippen molar-refractivity contribution in [2.45, 2.75) is 76.0 Å². The Kier molecular flexibility index (Phi) is 10.3. The van der Waals surface area contributed by atoms with E-state index in [1.807, 2.05) is 0 Å². The van der Waals surface area contributed by atoms with Crippen LogP contribution in [0.4, 0.5) is 0 Å². The number of carbonyl (C=O) groups is 2. The van der Waals surface area contributed by atoms with Crippen molar-refractivity contribution in [1.82, 2.24) is 0 Å². The number of nitrogens with two attached hydrogens (primary N) is 2. The summed E-state index contributed by atoms with van der Waals surface area (Å²) >= 11 is 3.40. The first kappa shape index (κ1) is 23.6. The van der Waals surface area contributed by atoms with E-state index in [9.17, 15) is 9.59 Å². The zero-order chi connectivity index (χ0) is 19.0. The maximum atomic E-state index is 11.7. The molecule has 4 N–H and O–H groups in total. The molecule has 0 aliphatic heterocycles. The van der Waals surface area contributed by atoms with Crippen LogP contribution in [-0.4, -0.2) is 45.0 Å². The van der Waals surface area contributed by atoms with Gasteiger partial charge in [0.05, 0.1) is 0 Å². The zero-order valence-corrected chi connectivity index (χ0v) is 17.2. The third-order valence-corrected chi connectivity index (χ3v) is 5.35. The summed E-state index contributed by atoms with van der Waals surface area (Å²) in [5, 5.41) is 0. The molecule has 0 saturated carbocycles. The first-order valence-corrected chi connectivity index (χ1v) is 10.0. The standard InChI is InChI=1S/C16H32N2O4S2/c1-15(2,3)23-9-7-11(17)13(19)21-22-14(20)12(18)8-10-24-16(4,5)6/h11-12H,7-10,17-18H2,1-6H3/t11-,12-/m0/s1. The molecule has 24 heavy (non-hydrogen) atoms. The van der Waals surface area contributed by atoms with Gasteiger partial charge >= 0.3 is 11.9 Å². The fourth-order valence-electron chi connectivity index (χ4n) is 1.43. The van der Waals surface area contributed by atoms with Gasteiger partial charge in [-0.05, 0) is 24.3 Å². The summed E-state index contributed by atoms with van der Waals surface area (Å²) in [6.45, 7) is 12.5. The molecule has 142 valence electrons. The van der Waals surface area contributed by atoms with Crippen molar-refractivity contribution in [1.29, 1.82) is 0 Å². The molecule has 0 aromatic heterocycles. The Labute approximate surface area is 154 Å². The number of hydrogen-bond acceptors (Lipinski definition) is 8. The molecule has 0 radical (unpaired) electrons. The summed E-state index contributed by atoms with van der Waals surface area (Å²) in [6, 6.07) is -1.64. The number of carbonyl (C=O) groups excluding carboxylic acids is 2. The molecule has 0 bridgehead atoms. The van der Waals surface area contributed by atoms with Gasteiger partial charge in [-0.1, -0.05) is 41.5 Å². The highest BCUT2D eigenvalue weighted by atomic mass is 32.2. The van der Waals surface area contributed by atoms with Gasteiger partial charge in [0.15, 0.2) is 0 Å². The van der Waals surface area contributed by atoms with Gasteiger partial charge in [0.25, 0.3) is 0 Å². The van der Waals surface area contributed by atoms with Crippen molar-refractivity contribution >= 4 is 35.5 Å². The van der Waals surface area contributed by atoms with Crippen LogP contribution in [0.25, 0.3) is 0 Å². The second-order valence-corrected chi connectivity index (χ2v) is 11.4. The Hall–Kier alpha value is -0.440. The lowest BCUT2D eigenvalue weighted by molar-refractivity contribution is -0.261. The zero-order valence-electron chi connectivity index (χ0n) is 15.6.